The summed E-state index contributed by atoms with van der Waals surface area (Å²) in [5.41, 5.74) is 1.000. The molecule has 0 unspecified atom stereocenters. The molecule has 6 nitrogen and oxygen atoms in total. The first-order valence-corrected chi connectivity index (χ1v) is 6.89. The van der Waals surface area contributed by atoms with E-state index in [2.05, 4.69) is 15.3 Å². The number of aryl methyl sites for hydroxylation is 1. The van der Waals surface area contributed by atoms with Crippen LogP contribution in [0, 0.1) is 11.7 Å². The van der Waals surface area contributed by atoms with Crippen LogP contribution in [0.3, 0.4) is 0 Å². The summed E-state index contributed by atoms with van der Waals surface area (Å²) in [7, 11) is 0. The highest BCUT2D eigenvalue weighted by Crippen LogP contribution is 2.15. The molecule has 1 aliphatic rings. The van der Waals surface area contributed by atoms with Gasteiger partial charge in [-0.1, -0.05) is 0 Å². The van der Waals surface area contributed by atoms with Crippen LogP contribution in [-0.2, 0) is 17.8 Å². The average molecular weight is 279 g/mol. The van der Waals surface area contributed by atoms with Gasteiger partial charge in [0, 0.05) is 12.8 Å². The van der Waals surface area contributed by atoms with Crippen LogP contribution >= 0.6 is 12.2 Å². The molecule has 2 aromatic rings. The van der Waals surface area contributed by atoms with Crippen LogP contribution in [0.15, 0.2) is 12.3 Å². The third kappa shape index (κ3) is 2.76. The largest absolute Gasteiger partial charge is 0.376 e. The Morgan fingerprint density at radius 2 is 2.47 bits per heavy atom. The predicted molar refractivity (Wildman–Crippen MR) is 72.5 cm³/mol. The van der Waals surface area contributed by atoms with Gasteiger partial charge in [-0.3, -0.25) is 14.3 Å². The van der Waals surface area contributed by atoms with Crippen molar-refractivity contribution in [2.24, 2.45) is 0 Å². The topological polar surface area (TPSA) is 60.7 Å². The molecule has 3 heterocycles. The van der Waals surface area contributed by atoms with E-state index in [1.54, 1.807) is 0 Å². The Bertz CT molecular complexity index is 608. The third-order valence-corrected chi connectivity index (χ3v) is 3.64. The van der Waals surface area contributed by atoms with Gasteiger partial charge in [-0.15, -0.1) is 0 Å². The van der Waals surface area contributed by atoms with E-state index in [0.29, 0.717) is 11.3 Å². The molecule has 0 spiro atoms. The number of hydrogen-bond donors (Lipinski definition) is 1. The zero-order valence-corrected chi connectivity index (χ0v) is 11.7. The molecule has 7 heteroatoms. The van der Waals surface area contributed by atoms with Gasteiger partial charge in [-0.2, -0.15) is 10.2 Å². The predicted octanol–water partition coefficient (Wildman–Crippen LogP) is 1.67. The standard InChI is InChI=1S/C12H17N5OS/c1-9-4-5-16(15-9)8-11-13-14-12(19)17(11)7-10-3-2-6-18-10/h4-5,10H,2-3,6-8H2,1H3,(H,14,19)/t10-/m1/s1. The van der Waals surface area contributed by atoms with Crippen LogP contribution in [0.25, 0.3) is 0 Å². The van der Waals surface area contributed by atoms with Gasteiger partial charge in [0.05, 0.1) is 18.3 Å². The second kappa shape index (κ2) is 5.26. The summed E-state index contributed by atoms with van der Waals surface area (Å²) in [6, 6.07) is 1.98. The number of aromatic amines is 1. The Morgan fingerprint density at radius 1 is 1.58 bits per heavy atom. The molecule has 0 bridgehead atoms. The molecular weight excluding hydrogens is 262 g/mol. The van der Waals surface area contributed by atoms with Gasteiger partial charge in [-0.25, -0.2) is 0 Å². The first-order valence-electron chi connectivity index (χ1n) is 6.48. The molecule has 2 aromatic heterocycles. The molecule has 1 saturated heterocycles. The first-order chi connectivity index (χ1) is 9.22. The molecule has 1 N–H and O–H groups in total. The van der Waals surface area contributed by atoms with Crippen LogP contribution < -0.4 is 0 Å². The number of nitrogens with zero attached hydrogens (tertiary/aromatic N) is 4. The fourth-order valence-corrected chi connectivity index (χ4v) is 2.57. The molecule has 1 atom stereocenters. The van der Waals surface area contributed by atoms with E-state index >= 15 is 0 Å². The summed E-state index contributed by atoms with van der Waals surface area (Å²) in [5.74, 6) is 0.892. The smallest absolute Gasteiger partial charge is 0.195 e. The molecule has 1 fully saturated rings. The van der Waals surface area contributed by atoms with Gasteiger partial charge < -0.3 is 4.74 Å². The Kier molecular flexibility index (Phi) is 3.48. The van der Waals surface area contributed by atoms with Crippen LogP contribution in [0.1, 0.15) is 24.4 Å². The molecule has 0 aliphatic carbocycles. The van der Waals surface area contributed by atoms with E-state index in [0.717, 1.165) is 37.5 Å². The number of aromatic nitrogens is 5. The van der Waals surface area contributed by atoms with Gasteiger partial charge in [0.25, 0.3) is 0 Å². The molecule has 0 radical (unpaired) electrons. The Labute approximate surface area is 116 Å². The Balaban J connectivity index is 1.79. The lowest BCUT2D eigenvalue weighted by Crippen LogP contribution is -2.18. The van der Waals surface area contributed by atoms with Crippen LogP contribution in [0.2, 0.25) is 0 Å². The van der Waals surface area contributed by atoms with Crippen LogP contribution in [0.4, 0.5) is 0 Å². The van der Waals surface area contributed by atoms with Crippen molar-refractivity contribution in [1.29, 1.82) is 0 Å². The van der Waals surface area contributed by atoms with Crippen molar-refractivity contribution in [1.82, 2.24) is 24.5 Å². The highest BCUT2D eigenvalue weighted by molar-refractivity contribution is 7.71. The maximum absolute atomic E-state index is 5.66. The van der Waals surface area contributed by atoms with Gasteiger partial charge in [-0.05, 0) is 38.0 Å². The molecule has 0 aromatic carbocycles. The van der Waals surface area contributed by atoms with Gasteiger partial charge in [0.1, 0.15) is 6.54 Å². The number of hydrogen-bond acceptors (Lipinski definition) is 4. The molecule has 19 heavy (non-hydrogen) atoms. The van der Waals surface area contributed by atoms with Crippen LogP contribution in [-0.4, -0.2) is 37.3 Å². The minimum absolute atomic E-state index is 0.252. The SMILES string of the molecule is Cc1ccn(Cc2n[nH]c(=S)n2C[C@H]2CCCO2)n1. The van der Waals surface area contributed by atoms with E-state index < -0.39 is 0 Å². The van der Waals surface area contributed by atoms with Crippen molar-refractivity contribution < 1.29 is 4.74 Å². The summed E-state index contributed by atoms with van der Waals surface area (Å²) >= 11 is 5.29. The minimum Gasteiger partial charge on any atom is -0.376 e. The third-order valence-electron chi connectivity index (χ3n) is 3.32. The molecule has 102 valence electrons. The van der Waals surface area contributed by atoms with E-state index in [1.165, 1.54) is 0 Å². The lowest BCUT2D eigenvalue weighted by atomic mass is 10.2. The molecule has 0 saturated carbocycles. The average Bonchev–Trinajstić information content (AvgIpc) is 3.08. The van der Waals surface area contributed by atoms with Crippen molar-refractivity contribution in [3.05, 3.63) is 28.6 Å². The summed E-state index contributed by atoms with van der Waals surface area (Å²) in [5, 5.41) is 11.5. The van der Waals surface area contributed by atoms with E-state index in [4.69, 9.17) is 17.0 Å². The maximum Gasteiger partial charge on any atom is 0.195 e. The highest BCUT2D eigenvalue weighted by Gasteiger charge is 2.18. The van der Waals surface area contributed by atoms with Crippen molar-refractivity contribution in [3.63, 3.8) is 0 Å². The minimum atomic E-state index is 0.252. The number of nitrogens with one attached hydrogen (secondary N) is 1. The van der Waals surface area contributed by atoms with E-state index in [9.17, 15) is 0 Å². The van der Waals surface area contributed by atoms with Crippen molar-refractivity contribution in [3.8, 4) is 0 Å². The summed E-state index contributed by atoms with van der Waals surface area (Å²) in [6.45, 7) is 4.21. The monoisotopic (exact) mass is 279 g/mol. The van der Waals surface area contributed by atoms with Gasteiger partial charge >= 0.3 is 0 Å². The second-order valence-electron chi connectivity index (χ2n) is 4.85. The quantitative estimate of drug-likeness (QED) is 0.865. The number of H-pyrrole nitrogens is 1. The second-order valence-corrected chi connectivity index (χ2v) is 5.23. The van der Waals surface area contributed by atoms with Crippen molar-refractivity contribution in [2.45, 2.75) is 39.0 Å². The first kappa shape index (κ1) is 12.6. The maximum atomic E-state index is 5.66. The fraction of sp³-hybridized carbons (Fsp3) is 0.583. The molecule has 0 amide bonds. The van der Waals surface area contributed by atoms with Crippen molar-refractivity contribution in [2.75, 3.05) is 6.61 Å². The van der Waals surface area contributed by atoms with Gasteiger partial charge in [0.2, 0.25) is 0 Å². The van der Waals surface area contributed by atoms with E-state index in [-0.39, 0.29) is 6.10 Å². The molecule has 3 rings (SSSR count). The Hall–Kier alpha value is -1.47. The lowest BCUT2D eigenvalue weighted by molar-refractivity contribution is 0.0958. The van der Waals surface area contributed by atoms with Crippen LogP contribution in [0.5, 0.6) is 0 Å². The van der Waals surface area contributed by atoms with E-state index in [1.807, 2.05) is 28.4 Å². The summed E-state index contributed by atoms with van der Waals surface area (Å²) in [6.07, 6.45) is 4.42. The van der Waals surface area contributed by atoms with Gasteiger partial charge in [0.15, 0.2) is 10.6 Å². The van der Waals surface area contributed by atoms with Crippen molar-refractivity contribution >= 4 is 12.2 Å². The normalized spacial score (nSPS) is 19.1. The Morgan fingerprint density at radius 3 is 3.16 bits per heavy atom. The lowest BCUT2D eigenvalue weighted by Gasteiger charge is -2.12. The molecular formula is C12H17N5OS. The number of rotatable bonds is 4. The zero-order valence-electron chi connectivity index (χ0n) is 10.9. The summed E-state index contributed by atoms with van der Waals surface area (Å²) < 4.78 is 10.2. The fourth-order valence-electron chi connectivity index (χ4n) is 2.35. The molecule has 1 aliphatic heterocycles. The summed E-state index contributed by atoms with van der Waals surface area (Å²) in [4.78, 5) is 0. The number of ether oxygens (including phenoxy) is 1. The highest BCUT2D eigenvalue weighted by atomic mass is 32.1. The zero-order chi connectivity index (χ0) is 13.2.